The highest BCUT2D eigenvalue weighted by Crippen LogP contribution is 2.24. The van der Waals surface area contributed by atoms with E-state index in [1.807, 2.05) is 0 Å². The summed E-state index contributed by atoms with van der Waals surface area (Å²) in [5.74, 6) is -2.10. The van der Waals surface area contributed by atoms with E-state index in [1.165, 1.54) is 6.92 Å². The maximum atomic E-state index is 11.3. The first-order valence-corrected chi connectivity index (χ1v) is 5.90. The molecule has 0 atom stereocenters. The van der Waals surface area contributed by atoms with Crippen LogP contribution in [0.5, 0.6) is 0 Å². The molecule has 2 N–H and O–H groups in total. The normalized spacial score (nSPS) is 13.4. The van der Waals surface area contributed by atoms with Gasteiger partial charge in [0, 0.05) is 28.2 Å². The van der Waals surface area contributed by atoms with E-state index in [4.69, 9.17) is 5.11 Å². The Labute approximate surface area is 113 Å². The van der Waals surface area contributed by atoms with Crippen LogP contribution in [0.15, 0.2) is 22.5 Å². The maximum absolute atomic E-state index is 11.3. The third-order valence-electron chi connectivity index (χ3n) is 2.69. The van der Waals surface area contributed by atoms with Gasteiger partial charge in [0.25, 0.3) is 0 Å². The summed E-state index contributed by atoms with van der Waals surface area (Å²) >= 11 is 0. The number of likely N-dealkylation sites (N-methyl/N-ethyl adjacent to an activating group) is 2. The molecule has 0 aliphatic carbocycles. The van der Waals surface area contributed by atoms with Crippen molar-refractivity contribution in [3.8, 4) is 0 Å². The van der Waals surface area contributed by atoms with Gasteiger partial charge in [0.2, 0.25) is 0 Å². The fourth-order valence-electron chi connectivity index (χ4n) is 1.87. The first-order chi connectivity index (χ1) is 8.64. The third kappa shape index (κ3) is 4.01. The molecule has 0 heterocycles. The molecule has 108 valence electrons. The van der Waals surface area contributed by atoms with Crippen LogP contribution in [0.3, 0.4) is 0 Å². The largest absolute Gasteiger partial charge is 0.478 e. The van der Waals surface area contributed by atoms with Gasteiger partial charge in [-0.25, -0.2) is 9.59 Å². The second kappa shape index (κ2) is 6.82. The topological polar surface area (TPSA) is 81.1 Å². The second-order valence-electron chi connectivity index (χ2n) is 4.55. The van der Waals surface area contributed by atoms with Gasteiger partial charge < -0.3 is 20.0 Å². The molecule has 0 fully saturated rings. The number of carboxylic acid groups (broad SMARTS) is 2. The fourth-order valence-corrected chi connectivity index (χ4v) is 1.87. The molecule has 0 radical (unpaired) electrons. The van der Waals surface area contributed by atoms with Crippen LogP contribution in [0, 0.1) is 0 Å². The van der Waals surface area contributed by atoms with E-state index in [2.05, 4.69) is 0 Å². The van der Waals surface area contributed by atoms with Crippen molar-refractivity contribution >= 4 is 11.9 Å². The van der Waals surface area contributed by atoms with Crippen molar-refractivity contribution < 1.29 is 19.8 Å². The van der Waals surface area contributed by atoms with Crippen molar-refractivity contribution in [3.63, 3.8) is 0 Å². The molecule has 0 rings (SSSR count). The predicted molar refractivity (Wildman–Crippen MR) is 72.7 cm³/mol. The molecule has 0 aromatic carbocycles. The average Bonchev–Trinajstić information content (AvgIpc) is 2.26. The Morgan fingerprint density at radius 3 is 1.53 bits per heavy atom. The van der Waals surface area contributed by atoms with Crippen molar-refractivity contribution in [2.75, 3.05) is 28.2 Å². The molecule has 0 aliphatic rings. The van der Waals surface area contributed by atoms with E-state index >= 15 is 0 Å². The fraction of sp³-hybridized carbons (Fsp3) is 0.538. The average molecular weight is 270 g/mol. The van der Waals surface area contributed by atoms with Gasteiger partial charge in [0.1, 0.15) is 0 Å². The van der Waals surface area contributed by atoms with Crippen molar-refractivity contribution in [3.05, 3.63) is 22.5 Å². The third-order valence-corrected chi connectivity index (χ3v) is 2.69. The maximum Gasteiger partial charge on any atom is 0.333 e. The van der Waals surface area contributed by atoms with Crippen LogP contribution in [0.25, 0.3) is 0 Å². The lowest BCUT2D eigenvalue weighted by Crippen LogP contribution is -2.27. The molecule has 0 unspecified atom stereocenters. The number of aliphatic carboxylic acids is 2. The van der Waals surface area contributed by atoms with Crippen LogP contribution in [0.1, 0.15) is 20.3 Å². The van der Waals surface area contributed by atoms with Crippen LogP contribution in [0.2, 0.25) is 0 Å². The Balaban J connectivity index is 6.36. The first kappa shape index (κ1) is 17.0. The lowest BCUT2D eigenvalue weighted by Gasteiger charge is -2.28. The van der Waals surface area contributed by atoms with Crippen molar-refractivity contribution in [2.45, 2.75) is 20.3 Å². The zero-order valence-corrected chi connectivity index (χ0v) is 12.3. The molecule has 0 spiro atoms. The monoisotopic (exact) mass is 270 g/mol. The lowest BCUT2D eigenvalue weighted by atomic mass is 10.0. The molecule has 0 saturated heterocycles. The minimum atomic E-state index is -1.07. The molecule has 19 heavy (non-hydrogen) atoms. The minimum Gasteiger partial charge on any atom is -0.478 e. The molecule has 0 aliphatic heterocycles. The first-order valence-electron chi connectivity index (χ1n) is 5.90. The zero-order chi connectivity index (χ0) is 15.3. The predicted octanol–water partition coefficient (Wildman–Crippen LogP) is 1.22. The Morgan fingerprint density at radius 1 is 0.895 bits per heavy atom. The van der Waals surface area contributed by atoms with Gasteiger partial charge in [-0.1, -0.05) is 6.92 Å². The summed E-state index contributed by atoms with van der Waals surface area (Å²) in [6.45, 7) is 3.20. The van der Waals surface area contributed by atoms with Gasteiger partial charge in [-0.3, -0.25) is 0 Å². The Morgan fingerprint density at radius 2 is 1.32 bits per heavy atom. The summed E-state index contributed by atoms with van der Waals surface area (Å²) in [6.07, 6.45) is 0.313. The van der Waals surface area contributed by atoms with Crippen molar-refractivity contribution in [2.24, 2.45) is 0 Å². The molecule has 0 aromatic rings. The van der Waals surface area contributed by atoms with Crippen LogP contribution in [-0.2, 0) is 9.59 Å². The van der Waals surface area contributed by atoms with Gasteiger partial charge in [0.15, 0.2) is 0 Å². The molecule has 0 aromatic heterocycles. The van der Waals surface area contributed by atoms with Gasteiger partial charge in [-0.15, -0.1) is 0 Å². The Hall–Kier alpha value is -1.98. The van der Waals surface area contributed by atoms with Crippen LogP contribution < -0.4 is 0 Å². The number of carbonyl (C=O) groups is 2. The van der Waals surface area contributed by atoms with E-state index in [0.717, 1.165) is 0 Å². The molecule has 6 heteroatoms. The summed E-state index contributed by atoms with van der Waals surface area (Å²) in [6, 6.07) is 0. The highest BCUT2D eigenvalue weighted by atomic mass is 16.4. The SMILES string of the molecule is CCC(C(=O)O)=C(C(=C(C)C(=O)O)N(C)C)N(C)C. The number of carboxylic acids is 2. The summed E-state index contributed by atoms with van der Waals surface area (Å²) in [5.41, 5.74) is 1.12. The number of hydrogen-bond donors (Lipinski definition) is 2. The highest BCUT2D eigenvalue weighted by Gasteiger charge is 2.23. The zero-order valence-electron chi connectivity index (χ0n) is 12.3. The van der Waals surface area contributed by atoms with Gasteiger partial charge in [-0.05, 0) is 13.3 Å². The number of rotatable bonds is 6. The second-order valence-corrected chi connectivity index (χ2v) is 4.55. The number of nitrogens with zero attached hydrogens (tertiary/aromatic N) is 2. The quantitative estimate of drug-likeness (QED) is 0.558. The van der Waals surface area contributed by atoms with E-state index in [9.17, 15) is 14.7 Å². The summed E-state index contributed by atoms with van der Waals surface area (Å²) in [4.78, 5) is 25.8. The Bertz CT molecular complexity index is 434. The molecular weight excluding hydrogens is 248 g/mol. The van der Waals surface area contributed by atoms with E-state index in [0.29, 0.717) is 17.8 Å². The summed E-state index contributed by atoms with van der Waals surface area (Å²) in [5, 5.41) is 18.4. The van der Waals surface area contributed by atoms with Crippen LogP contribution >= 0.6 is 0 Å². The Kier molecular flexibility index (Phi) is 6.11. The molecule has 0 bridgehead atoms. The van der Waals surface area contributed by atoms with E-state index in [1.54, 1.807) is 44.9 Å². The molecular formula is C13H22N2O4. The van der Waals surface area contributed by atoms with Crippen LogP contribution in [-0.4, -0.2) is 60.1 Å². The highest BCUT2D eigenvalue weighted by molar-refractivity contribution is 5.91. The minimum absolute atomic E-state index is 0.112. The van der Waals surface area contributed by atoms with Gasteiger partial charge in [0.05, 0.1) is 22.5 Å². The van der Waals surface area contributed by atoms with E-state index in [-0.39, 0.29) is 11.1 Å². The van der Waals surface area contributed by atoms with E-state index < -0.39 is 11.9 Å². The van der Waals surface area contributed by atoms with Crippen molar-refractivity contribution in [1.82, 2.24) is 9.80 Å². The molecule has 0 saturated carbocycles. The lowest BCUT2D eigenvalue weighted by molar-refractivity contribution is -0.134. The molecule has 6 nitrogen and oxygen atoms in total. The summed E-state index contributed by atoms with van der Waals surface area (Å²) in [7, 11) is 6.79. The smallest absolute Gasteiger partial charge is 0.333 e. The summed E-state index contributed by atoms with van der Waals surface area (Å²) < 4.78 is 0. The van der Waals surface area contributed by atoms with Gasteiger partial charge >= 0.3 is 11.9 Å². The van der Waals surface area contributed by atoms with Crippen molar-refractivity contribution in [1.29, 1.82) is 0 Å². The van der Waals surface area contributed by atoms with Crippen LogP contribution in [0.4, 0.5) is 0 Å². The molecule has 0 amide bonds. The number of hydrogen-bond acceptors (Lipinski definition) is 4. The standard InChI is InChI=1S/C13H22N2O4/c1-7-9(13(18)19)11(15(5)6)10(14(3)4)8(2)12(16)17/h7H2,1-6H3,(H,16,17)(H,18,19). The van der Waals surface area contributed by atoms with Gasteiger partial charge in [-0.2, -0.15) is 0 Å².